The molecule has 0 radical (unpaired) electrons. The Labute approximate surface area is 156 Å². The molecule has 0 aromatic rings. The Morgan fingerprint density at radius 2 is 1.81 bits per heavy atom. The van der Waals surface area contributed by atoms with Crippen LogP contribution >= 0.6 is 0 Å². The van der Waals surface area contributed by atoms with E-state index in [0.717, 1.165) is 58.3 Å². The molecule has 1 N–H and O–H groups in total. The molecule has 1 spiro atoms. The van der Waals surface area contributed by atoms with E-state index in [9.17, 15) is 4.79 Å². The van der Waals surface area contributed by atoms with E-state index in [4.69, 9.17) is 14.2 Å². The van der Waals surface area contributed by atoms with Gasteiger partial charge >= 0.3 is 0 Å². The quantitative estimate of drug-likeness (QED) is 0.827. The minimum atomic E-state index is -0.368. The molecule has 0 aromatic carbocycles. The summed E-state index contributed by atoms with van der Waals surface area (Å²) in [5, 5.41) is 3.16. The number of hydrogen-bond donors (Lipinski definition) is 1. The highest BCUT2D eigenvalue weighted by molar-refractivity contribution is 5.82. The van der Waals surface area contributed by atoms with E-state index in [2.05, 4.69) is 10.2 Å². The van der Waals surface area contributed by atoms with Crippen molar-refractivity contribution in [2.45, 2.75) is 88.2 Å². The number of ether oxygens (including phenoxy) is 3. The second-order valence-corrected chi connectivity index (χ2v) is 8.36. The Kier molecular flexibility index (Phi) is 6.14. The minimum absolute atomic E-state index is 0.00464. The van der Waals surface area contributed by atoms with Gasteiger partial charge in [0.2, 0.25) is 5.91 Å². The van der Waals surface area contributed by atoms with Crippen molar-refractivity contribution < 1.29 is 19.0 Å². The number of nitrogens with zero attached hydrogens (tertiary/aromatic N) is 1. The molecular weight excluding hydrogens is 332 g/mol. The Bertz CT molecular complexity index is 472. The van der Waals surface area contributed by atoms with Crippen LogP contribution in [0.25, 0.3) is 0 Å². The number of amides is 1. The van der Waals surface area contributed by atoms with Crippen molar-refractivity contribution in [2.24, 2.45) is 0 Å². The van der Waals surface area contributed by atoms with Crippen LogP contribution in [0.1, 0.15) is 64.2 Å². The molecule has 4 aliphatic rings. The van der Waals surface area contributed by atoms with Crippen LogP contribution in [-0.4, -0.2) is 67.7 Å². The van der Waals surface area contributed by atoms with Gasteiger partial charge in [0.15, 0.2) is 5.79 Å². The summed E-state index contributed by atoms with van der Waals surface area (Å²) >= 11 is 0. The molecule has 1 saturated carbocycles. The first kappa shape index (κ1) is 18.7. The third-order valence-electron chi connectivity index (χ3n) is 6.54. The number of hydrogen-bond acceptors (Lipinski definition) is 5. The fourth-order valence-corrected chi connectivity index (χ4v) is 5.10. The van der Waals surface area contributed by atoms with E-state index < -0.39 is 0 Å². The molecule has 2 unspecified atom stereocenters. The lowest BCUT2D eigenvalue weighted by Gasteiger charge is -2.34. The van der Waals surface area contributed by atoms with E-state index in [0.29, 0.717) is 19.2 Å². The number of nitrogens with one attached hydrogen (secondary N) is 1. The zero-order valence-corrected chi connectivity index (χ0v) is 15.9. The first-order valence-corrected chi connectivity index (χ1v) is 10.7. The molecule has 26 heavy (non-hydrogen) atoms. The summed E-state index contributed by atoms with van der Waals surface area (Å²) in [5.74, 6) is -0.202. The van der Waals surface area contributed by atoms with Crippen molar-refractivity contribution in [3.05, 3.63) is 0 Å². The molecule has 148 valence electrons. The average molecular weight is 367 g/mol. The summed E-state index contributed by atoms with van der Waals surface area (Å²) < 4.78 is 17.8. The van der Waals surface area contributed by atoms with Crippen LogP contribution in [-0.2, 0) is 19.0 Å². The third kappa shape index (κ3) is 4.24. The second-order valence-electron chi connectivity index (χ2n) is 8.36. The van der Waals surface area contributed by atoms with Gasteiger partial charge < -0.3 is 19.5 Å². The van der Waals surface area contributed by atoms with Gasteiger partial charge in [0, 0.05) is 38.6 Å². The van der Waals surface area contributed by atoms with Gasteiger partial charge in [0.1, 0.15) is 6.10 Å². The lowest BCUT2D eigenvalue weighted by Crippen LogP contribution is -2.50. The highest BCUT2D eigenvalue weighted by atomic mass is 16.7. The van der Waals surface area contributed by atoms with Gasteiger partial charge in [-0.25, -0.2) is 0 Å². The fraction of sp³-hybridized carbons (Fsp3) is 0.950. The van der Waals surface area contributed by atoms with Gasteiger partial charge in [0.25, 0.3) is 0 Å². The summed E-state index contributed by atoms with van der Waals surface area (Å²) in [5.41, 5.74) is 0. The largest absolute Gasteiger partial charge is 0.381 e. The number of carbonyl (C=O) groups excluding carboxylic acids is 1. The maximum atomic E-state index is 12.8. The Balaban J connectivity index is 1.26. The SMILES string of the molecule is O=C(NCC1COC2(CCCCCC2)O1)C1CCCN1C1CCOCC1. The van der Waals surface area contributed by atoms with Gasteiger partial charge in [-0.2, -0.15) is 0 Å². The first-order chi connectivity index (χ1) is 12.8. The van der Waals surface area contributed by atoms with Crippen LogP contribution < -0.4 is 5.32 Å². The lowest BCUT2D eigenvalue weighted by atomic mass is 10.1. The van der Waals surface area contributed by atoms with Crippen LogP contribution in [0, 0.1) is 0 Å². The summed E-state index contributed by atoms with van der Waals surface area (Å²) in [7, 11) is 0. The summed E-state index contributed by atoms with van der Waals surface area (Å²) in [6.45, 7) is 3.86. The van der Waals surface area contributed by atoms with Crippen molar-refractivity contribution in [1.29, 1.82) is 0 Å². The first-order valence-electron chi connectivity index (χ1n) is 10.7. The van der Waals surface area contributed by atoms with Crippen molar-refractivity contribution >= 4 is 5.91 Å². The maximum Gasteiger partial charge on any atom is 0.237 e. The van der Waals surface area contributed by atoms with Crippen molar-refractivity contribution in [2.75, 3.05) is 32.9 Å². The summed E-state index contributed by atoms with van der Waals surface area (Å²) in [4.78, 5) is 15.2. The molecule has 6 nitrogen and oxygen atoms in total. The predicted octanol–water partition coefficient (Wildman–Crippen LogP) is 2.21. The van der Waals surface area contributed by atoms with Gasteiger partial charge in [0.05, 0.1) is 12.6 Å². The molecular formula is C20H34N2O4. The smallest absolute Gasteiger partial charge is 0.237 e. The fourth-order valence-electron chi connectivity index (χ4n) is 5.10. The summed E-state index contributed by atoms with van der Waals surface area (Å²) in [6, 6.07) is 0.523. The molecule has 1 amide bonds. The molecule has 3 aliphatic heterocycles. The summed E-state index contributed by atoms with van der Waals surface area (Å²) in [6.07, 6.45) is 11.1. The minimum Gasteiger partial charge on any atom is -0.381 e. The molecule has 0 aromatic heterocycles. The molecule has 4 fully saturated rings. The number of likely N-dealkylation sites (tertiary alicyclic amines) is 1. The molecule has 2 atom stereocenters. The Morgan fingerprint density at radius 3 is 2.58 bits per heavy atom. The van der Waals surface area contributed by atoms with Gasteiger partial charge in [-0.05, 0) is 45.1 Å². The van der Waals surface area contributed by atoms with Gasteiger partial charge in [-0.15, -0.1) is 0 Å². The van der Waals surface area contributed by atoms with Crippen LogP contribution in [0.3, 0.4) is 0 Å². The molecule has 6 heteroatoms. The molecule has 4 rings (SSSR count). The molecule has 1 aliphatic carbocycles. The van der Waals surface area contributed by atoms with Crippen LogP contribution in [0.4, 0.5) is 0 Å². The maximum absolute atomic E-state index is 12.8. The van der Waals surface area contributed by atoms with Crippen LogP contribution in [0.2, 0.25) is 0 Å². The Hall–Kier alpha value is -0.690. The van der Waals surface area contributed by atoms with Gasteiger partial charge in [-0.3, -0.25) is 9.69 Å². The lowest BCUT2D eigenvalue weighted by molar-refractivity contribution is -0.175. The number of carbonyl (C=O) groups is 1. The van der Waals surface area contributed by atoms with E-state index >= 15 is 0 Å². The monoisotopic (exact) mass is 366 g/mol. The van der Waals surface area contributed by atoms with Gasteiger partial charge in [-0.1, -0.05) is 12.8 Å². The van der Waals surface area contributed by atoms with Crippen molar-refractivity contribution in [3.8, 4) is 0 Å². The van der Waals surface area contributed by atoms with E-state index in [-0.39, 0.29) is 23.8 Å². The highest BCUT2D eigenvalue weighted by Gasteiger charge is 2.42. The average Bonchev–Trinajstić information content (AvgIpc) is 3.25. The zero-order chi connectivity index (χ0) is 17.8. The third-order valence-corrected chi connectivity index (χ3v) is 6.54. The van der Waals surface area contributed by atoms with Crippen molar-refractivity contribution in [3.63, 3.8) is 0 Å². The predicted molar refractivity (Wildman–Crippen MR) is 97.8 cm³/mol. The second kappa shape index (κ2) is 8.55. The van der Waals surface area contributed by atoms with Crippen LogP contribution in [0.5, 0.6) is 0 Å². The molecule has 3 heterocycles. The zero-order valence-electron chi connectivity index (χ0n) is 15.9. The number of rotatable bonds is 4. The Morgan fingerprint density at radius 1 is 1.04 bits per heavy atom. The highest BCUT2D eigenvalue weighted by Crippen LogP contribution is 2.36. The topological polar surface area (TPSA) is 60.0 Å². The van der Waals surface area contributed by atoms with Crippen molar-refractivity contribution in [1.82, 2.24) is 10.2 Å². The van der Waals surface area contributed by atoms with E-state index in [1.165, 1.54) is 25.7 Å². The standard InChI is InChI=1S/C20H34N2O4/c23-19(18-6-5-11-22(18)16-7-12-24-13-8-16)21-14-17-15-25-20(26-17)9-3-1-2-4-10-20/h16-18H,1-15H2,(H,21,23). The normalized spacial score (nSPS) is 33.4. The molecule has 3 saturated heterocycles. The van der Waals surface area contributed by atoms with E-state index in [1.54, 1.807) is 0 Å². The van der Waals surface area contributed by atoms with Crippen LogP contribution in [0.15, 0.2) is 0 Å². The van der Waals surface area contributed by atoms with E-state index in [1.807, 2.05) is 0 Å². The molecule has 0 bridgehead atoms.